The molecule has 0 saturated carbocycles. The molecule has 0 saturated heterocycles. The highest BCUT2D eigenvalue weighted by Crippen LogP contribution is 2.50. The highest BCUT2D eigenvalue weighted by Gasteiger charge is 2.38. The van der Waals surface area contributed by atoms with E-state index in [-0.39, 0.29) is 6.04 Å². The second-order valence-corrected chi connectivity index (χ2v) is 7.15. The van der Waals surface area contributed by atoms with E-state index in [1.54, 1.807) is 0 Å². The van der Waals surface area contributed by atoms with Gasteiger partial charge in [0.05, 0.1) is 22.7 Å². The molecule has 0 amide bonds. The van der Waals surface area contributed by atoms with Crippen LogP contribution in [0.5, 0.6) is 5.75 Å². The summed E-state index contributed by atoms with van der Waals surface area (Å²) in [6.45, 7) is 2.69. The van der Waals surface area contributed by atoms with Crippen molar-refractivity contribution in [2.45, 2.75) is 25.3 Å². The Bertz CT molecular complexity index is 802. The molecule has 2 aromatic rings. The van der Waals surface area contributed by atoms with Crippen molar-refractivity contribution in [2.24, 2.45) is 5.92 Å². The molecule has 1 heterocycles. The number of allylic oxidation sites excluding steroid dienone is 2. The van der Waals surface area contributed by atoms with Crippen LogP contribution in [0.3, 0.4) is 0 Å². The van der Waals surface area contributed by atoms with Crippen LogP contribution in [-0.4, -0.2) is 6.61 Å². The maximum Gasteiger partial charge on any atom is 0.119 e. The van der Waals surface area contributed by atoms with Crippen LogP contribution in [0.4, 0.5) is 5.69 Å². The lowest BCUT2D eigenvalue weighted by Gasteiger charge is -2.37. The first-order chi connectivity index (χ1) is 11.7. The van der Waals surface area contributed by atoms with Gasteiger partial charge in [-0.1, -0.05) is 41.4 Å². The molecule has 0 bridgehead atoms. The molecule has 2 nitrogen and oxygen atoms in total. The van der Waals surface area contributed by atoms with Crippen molar-refractivity contribution in [2.75, 3.05) is 11.9 Å². The zero-order valence-corrected chi connectivity index (χ0v) is 14.9. The monoisotopic (exact) mass is 359 g/mol. The summed E-state index contributed by atoms with van der Waals surface area (Å²) in [5.41, 5.74) is 3.67. The van der Waals surface area contributed by atoms with Gasteiger partial charge in [-0.3, -0.25) is 0 Å². The van der Waals surface area contributed by atoms with Crippen LogP contribution in [-0.2, 0) is 0 Å². The fraction of sp³-hybridized carbons (Fsp3) is 0.300. The first kappa shape index (κ1) is 15.9. The second-order valence-electron chi connectivity index (χ2n) is 6.33. The smallest absolute Gasteiger partial charge is 0.119 e. The molecular weight excluding hydrogens is 341 g/mol. The minimum absolute atomic E-state index is 0.227. The van der Waals surface area contributed by atoms with Crippen LogP contribution in [0.15, 0.2) is 48.6 Å². The topological polar surface area (TPSA) is 21.3 Å². The fourth-order valence-electron chi connectivity index (χ4n) is 3.86. The molecule has 24 heavy (non-hydrogen) atoms. The maximum atomic E-state index is 6.24. The number of benzene rings is 2. The van der Waals surface area contributed by atoms with Gasteiger partial charge in [-0.2, -0.15) is 0 Å². The summed E-state index contributed by atoms with van der Waals surface area (Å²) in [6, 6.07) is 12.5. The van der Waals surface area contributed by atoms with E-state index in [0.29, 0.717) is 28.5 Å². The standard InChI is InChI=1S/C20H19Cl2NO/c1-2-24-13-7-9-19-16(11-13)14-4-3-5-15(14)20(23-19)12-6-8-17(21)18(22)10-12/h3-4,6-11,14-15,20,23H,2,5H2,1H3/t14-,15+,20+/m1/s1. The molecule has 4 heteroatoms. The van der Waals surface area contributed by atoms with Crippen LogP contribution < -0.4 is 10.1 Å². The van der Waals surface area contributed by atoms with Crippen molar-refractivity contribution < 1.29 is 4.74 Å². The van der Waals surface area contributed by atoms with Crippen molar-refractivity contribution in [3.8, 4) is 5.75 Å². The van der Waals surface area contributed by atoms with E-state index in [9.17, 15) is 0 Å². The Morgan fingerprint density at radius 3 is 2.79 bits per heavy atom. The van der Waals surface area contributed by atoms with Gasteiger partial charge in [0.2, 0.25) is 0 Å². The number of rotatable bonds is 3. The fourth-order valence-corrected chi connectivity index (χ4v) is 4.17. The number of nitrogens with one attached hydrogen (secondary N) is 1. The highest BCUT2D eigenvalue weighted by atomic mass is 35.5. The number of hydrogen-bond donors (Lipinski definition) is 1. The van der Waals surface area contributed by atoms with E-state index in [4.69, 9.17) is 27.9 Å². The Morgan fingerprint density at radius 2 is 2.00 bits per heavy atom. The Morgan fingerprint density at radius 1 is 1.12 bits per heavy atom. The molecule has 0 unspecified atom stereocenters. The maximum absolute atomic E-state index is 6.24. The average molecular weight is 360 g/mol. The third kappa shape index (κ3) is 2.68. The molecule has 3 atom stereocenters. The third-order valence-electron chi connectivity index (χ3n) is 4.95. The molecule has 2 aliphatic rings. The van der Waals surface area contributed by atoms with Gasteiger partial charge in [-0.25, -0.2) is 0 Å². The molecule has 0 radical (unpaired) electrons. The summed E-state index contributed by atoms with van der Waals surface area (Å²) in [5, 5.41) is 4.91. The molecule has 124 valence electrons. The van der Waals surface area contributed by atoms with E-state index in [0.717, 1.165) is 12.2 Å². The lowest BCUT2D eigenvalue weighted by molar-refractivity contribution is 0.338. The van der Waals surface area contributed by atoms with Crippen molar-refractivity contribution in [1.29, 1.82) is 0 Å². The van der Waals surface area contributed by atoms with Crippen LogP contribution >= 0.6 is 23.2 Å². The minimum Gasteiger partial charge on any atom is -0.494 e. The SMILES string of the molecule is CCOc1ccc2c(c1)[C@@H]1C=CC[C@@H]1[C@H](c1ccc(Cl)c(Cl)c1)N2. The van der Waals surface area contributed by atoms with Crippen molar-refractivity contribution >= 4 is 28.9 Å². The van der Waals surface area contributed by atoms with Crippen LogP contribution in [0.2, 0.25) is 10.0 Å². The summed E-state index contributed by atoms with van der Waals surface area (Å²) < 4.78 is 5.68. The normalized spacial score (nSPS) is 24.2. The van der Waals surface area contributed by atoms with E-state index in [1.807, 2.05) is 25.1 Å². The van der Waals surface area contributed by atoms with Crippen molar-refractivity contribution in [3.05, 3.63) is 69.7 Å². The molecule has 0 spiro atoms. The van der Waals surface area contributed by atoms with E-state index in [1.165, 1.54) is 16.8 Å². The molecule has 1 aliphatic carbocycles. The lowest BCUT2D eigenvalue weighted by Crippen LogP contribution is -2.29. The quantitative estimate of drug-likeness (QED) is 0.656. The summed E-state index contributed by atoms with van der Waals surface area (Å²) in [4.78, 5) is 0. The third-order valence-corrected chi connectivity index (χ3v) is 5.69. The van der Waals surface area contributed by atoms with Crippen molar-refractivity contribution in [1.82, 2.24) is 0 Å². The van der Waals surface area contributed by atoms with E-state index >= 15 is 0 Å². The van der Waals surface area contributed by atoms with Crippen LogP contribution in [0.25, 0.3) is 0 Å². The summed E-state index contributed by atoms with van der Waals surface area (Å²) in [6.07, 6.45) is 5.66. The Kier molecular flexibility index (Phi) is 4.19. The number of fused-ring (bicyclic) bond motifs is 3. The first-order valence-electron chi connectivity index (χ1n) is 8.32. The van der Waals surface area contributed by atoms with Gasteiger partial charge < -0.3 is 10.1 Å². The molecule has 1 N–H and O–H groups in total. The average Bonchev–Trinajstić information content (AvgIpc) is 3.07. The molecule has 0 fully saturated rings. The predicted molar refractivity (Wildman–Crippen MR) is 100 cm³/mol. The van der Waals surface area contributed by atoms with Gasteiger partial charge in [0.15, 0.2) is 0 Å². The van der Waals surface area contributed by atoms with Crippen LogP contribution in [0, 0.1) is 5.92 Å². The first-order valence-corrected chi connectivity index (χ1v) is 9.08. The van der Waals surface area contributed by atoms with E-state index < -0.39 is 0 Å². The van der Waals surface area contributed by atoms with Gasteiger partial charge in [-0.15, -0.1) is 0 Å². The van der Waals surface area contributed by atoms with Gasteiger partial charge in [0.25, 0.3) is 0 Å². The summed E-state index contributed by atoms with van der Waals surface area (Å²) >= 11 is 12.3. The van der Waals surface area contributed by atoms with Gasteiger partial charge >= 0.3 is 0 Å². The number of halogens is 2. The van der Waals surface area contributed by atoms with E-state index in [2.05, 4.69) is 35.7 Å². The lowest BCUT2D eigenvalue weighted by atomic mass is 9.77. The van der Waals surface area contributed by atoms with Gasteiger partial charge in [-0.05, 0) is 60.7 Å². The molecule has 4 rings (SSSR count). The van der Waals surface area contributed by atoms with Crippen LogP contribution in [0.1, 0.15) is 36.4 Å². The van der Waals surface area contributed by atoms with Gasteiger partial charge in [0.1, 0.15) is 5.75 Å². The van der Waals surface area contributed by atoms with Crippen molar-refractivity contribution in [3.63, 3.8) is 0 Å². The van der Waals surface area contributed by atoms with Gasteiger partial charge in [0, 0.05) is 11.6 Å². The molecule has 2 aromatic carbocycles. The Hall–Kier alpha value is -1.64. The number of ether oxygens (including phenoxy) is 1. The molecular formula is C20H19Cl2NO. The minimum atomic E-state index is 0.227. The zero-order valence-electron chi connectivity index (χ0n) is 13.4. The number of hydrogen-bond acceptors (Lipinski definition) is 2. The highest BCUT2D eigenvalue weighted by molar-refractivity contribution is 6.42. The zero-order chi connectivity index (χ0) is 16.7. The Labute approximate surface area is 152 Å². The molecule has 0 aromatic heterocycles. The summed E-state index contributed by atoms with van der Waals surface area (Å²) in [5.74, 6) is 1.82. The predicted octanol–water partition coefficient (Wildman–Crippen LogP) is 6.22. The Balaban J connectivity index is 1.74. The summed E-state index contributed by atoms with van der Waals surface area (Å²) in [7, 11) is 0. The second kappa shape index (κ2) is 6.34. The number of anilines is 1. The largest absolute Gasteiger partial charge is 0.494 e. The molecule has 1 aliphatic heterocycles.